The number of nitro benzene ring substituents is 1. The molecule has 1 N–H and O–H groups in total. The van der Waals surface area contributed by atoms with E-state index in [1.165, 1.54) is 18.6 Å². The molecule has 1 aromatic rings. The number of nitrogens with one attached hydrogen (secondary N) is 1. The number of aryl methyl sites for hydroxylation is 1. The summed E-state index contributed by atoms with van der Waals surface area (Å²) < 4.78 is 0. The minimum absolute atomic E-state index is 0.0436. The molecule has 2 saturated heterocycles. The Bertz CT molecular complexity index is 738. The lowest BCUT2D eigenvalue weighted by Gasteiger charge is -2.35. The summed E-state index contributed by atoms with van der Waals surface area (Å²) in [6.45, 7) is 5.22. The number of benzene rings is 1. The summed E-state index contributed by atoms with van der Waals surface area (Å²) in [6, 6.07) is 4.44. The number of nitro groups is 1. The number of hydrogen-bond donors (Lipinski definition) is 1. The second-order valence-electron chi connectivity index (χ2n) is 7.74. The Kier molecular flexibility index (Phi) is 6.61. The van der Waals surface area contributed by atoms with Crippen LogP contribution in [0.5, 0.6) is 0 Å². The molecule has 0 radical (unpaired) electrons. The van der Waals surface area contributed by atoms with E-state index < -0.39 is 4.92 Å². The Morgan fingerprint density at radius 3 is 2.46 bits per heavy atom. The van der Waals surface area contributed by atoms with Crippen molar-refractivity contribution in [1.82, 2.24) is 9.80 Å². The lowest BCUT2D eigenvalue weighted by molar-refractivity contribution is -0.384. The van der Waals surface area contributed by atoms with E-state index in [9.17, 15) is 19.7 Å². The number of nitrogens with zero attached hydrogens (tertiary/aromatic N) is 3. The fraction of sp³-hybridized carbons (Fsp3) is 0.600. The van der Waals surface area contributed by atoms with E-state index >= 15 is 0 Å². The van der Waals surface area contributed by atoms with Crippen LogP contribution < -0.4 is 5.32 Å². The molecule has 2 amide bonds. The highest BCUT2D eigenvalue weighted by atomic mass is 16.6. The summed E-state index contributed by atoms with van der Waals surface area (Å²) in [7, 11) is 0. The maximum absolute atomic E-state index is 12.6. The molecule has 3 rings (SSSR count). The summed E-state index contributed by atoms with van der Waals surface area (Å²) in [6.07, 6.45) is 4.96. The number of non-ortho nitro benzene ring substituents is 1. The third-order valence-corrected chi connectivity index (χ3v) is 5.68. The highest BCUT2D eigenvalue weighted by Crippen LogP contribution is 2.23. The molecule has 0 bridgehead atoms. The van der Waals surface area contributed by atoms with E-state index in [1.54, 1.807) is 13.0 Å². The van der Waals surface area contributed by atoms with Gasteiger partial charge in [-0.3, -0.25) is 24.6 Å². The highest BCUT2D eigenvalue weighted by Gasteiger charge is 2.29. The second kappa shape index (κ2) is 9.14. The molecule has 2 fully saturated rings. The summed E-state index contributed by atoms with van der Waals surface area (Å²) in [4.78, 5) is 39.5. The van der Waals surface area contributed by atoms with Crippen molar-refractivity contribution >= 4 is 23.2 Å². The van der Waals surface area contributed by atoms with Gasteiger partial charge in [0.05, 0.1) is 17.2 Å². The van der Waals surface area contributed by atoms with Gasteiger partial charge in [-0.2, -0.15) is 0 Å². The Hall–Kier alpha value is -2.48. The maximum Gasteiger partial charge on any atom is 0.271 e. The second-order valence-corrected chi connectivity index (χ2v) is 7.74. The van der Waals surface area contributed by atoms with Crippen molar-refractivity contribution in [1.29, 1.82) is 0 Å². The van der Waals surface area contributed by atoms with Gasteiger partial charge in [-0.1, -0.05) is 6.07 Å². The fourth-order valence-electron chi connectivity index (χ4n) is 3.96. The average Bonchev–Trinajstić information content (AvgIpc) is 2.70. The third-order valence-electron chi connectivity index (χ3n) is 5.68. The molecule has 2 aliphatic rings. The highest BCUT2D eigenvalue weighted by molar-refractivity contribution is 5.93. The molecule has 0 saturated carbocycles. The summed E-state index contributed by atoms with van der Waals surface area (Å²) in [5.41, 5.74) is 1.21. The van der Waals surface area contributed by atoms with Crippen molar-refractivity contribution in [3.8, 4) is 0 Å². The van der Waals surface area contributed by atoms with Crippen molar-refractivity contribution in [2.75, 3.05) is 38.0 Å². The van der Waals surface area contributed by atoms with E-state index in [0.29, 0.717) is 18.8 Å². The fourth-order valence-corrected chi connectivity index (χ4v) is 3.96. The van der Waals surface area contributed by atoms with Crippen LogP contribution >= 0.6 is 0 Å². The minimum Gasteiger partial charge on any atom is -0.342 e. The zero-order chi connectivity index (χ0) is 20.1. The normalized spacial score (nSPS) is 18.7. The molecule has 0 unspecified atom stereocenters. The molecule has 0 aliphatic carbocycles. The quantitative estimate of drug-likeness (QED) is 0.618. The lowest BCUT2D eigenvalue weighted by Crippen LogP contribution is -2.45. The minimum atomic E-state index is -0.473. The Morgan fingerprint density at radius 1 is 1.14 bits per heavy atom. The molecule has 8 heteroatoms. The molecule has 8 nitrogen and oxygen atoms in total. The first kappa shape index (κ1) is 20.3. The number of anilines is 1. The molecular weight excluding hydrogens is 360 g/mol. The van der Waals surface area contributed by atoms with Gasteiger partial charge in [-0.25, -0.2) is 0 Å². The average molecular weight is 388 g/mol. The molecule has 152 valence electrons. The predicted octanol–water partition coefficient (Wildman–Crippen LogP) is 2.57. The number of amides is 2. The molecule has 28 heavy (non-hydrogen) atoms. The first-order valence-corrected chi connectivity index (χ1v) is 10.00. The summed E-state index contributed by atoms with van der Waals surface area (Å²) in [5.74, 6) is 0.150. The first-order chi connectivity index (χ1) is 13.4. The molecule has 0 atom stereocenters. The monoisotopic (exact) mass is 388 g/mol. The van der Waals surface area contributed by atoms with Gasteiger partial charge < -0.3 is 10.2 Å². The maximum atomic E-state index is 12.6. The third kappa shape index (κ3) is 5.07. The number of hydrogen-bond acceptors (Lipinski definition) is 5. The van der Waals surface area contributed by atoms with E-state index in [4.69, 9.17) is 0 Å². The smallest absolute Gasteiger partial charge is 0.271 e. The number of likely N-dealkylation sites (tertiary alicyclic amines) is 2. The topological polar surface area (TPSA) is 95.8 Å². The molecule has 1 aromatic carbocycles. The van der Waals surface area contributed by atoms with Crippen molar-refractivity contribution in [2.24, 2.45) is 5.92 Å². The zero-order valence-electron chi connectivity index (χ0n) is 16.4. The van der Waals surface area contributed by atoms with Crippen LogP contribution in [0.2, 0.25) is 0 Å². The molecular formula is C20H28N4O4. The predicted molar refractivity (Wildman–Crippen MR) is 106 cm³/mol. The van der Waals surface area contributed by atoms with Gasteiger partial charge >= 0.3 is 0 Å². The largest absolute Gasteiger partial charge is 0.342 e. The Morgan fingerprint density at radius 2 is 1.82 bits per heavy atom. The van der Waals surface area contributed by atoms with Gasteiger partial charge in [0.25, 0.3) is 5.69 Å². The van der Waals surface area contributed by atoms with Crippen LogP contribution in [0.4, 0.5) is 11.4 Å². The first-order valence-electron chi connectivity index (χ1n) is 10.00. The van der Waals surface area contributed by atoms with Crippen molar-refractivity contribution in [3.05, 3.63) is 33.9 Å². The standard InChI is InChI=1S/C20H28N4O4/c1-15-5-6-17(24(27)28)13-18(15)21-19(25)14-22-11-7-16(8-12-22)20(26)23-9-3-2-4-10-23/h5-6,13,16H,2-4,7-12,14H2,1H3,(H,21,25). The van der Waals surface area contributed by atoms with Crippen molar-refractivity contribution < 1.29 is 14.5 Å². The van der Waals surface area contributed by atoms with Gasteiger partial charge in [0, 0.05) is 31.1 Å². The van der Waals surface area contributed by atoms with E-state index in [2.05, 4.69) is 5.32 Å². The van der Waals surface area contributed by atoms with E-state index in [-0.39, 0.29) is 30.0 Å². The van der Waals surface area contributed by atoms with Crippen LogP contribution in [0.1, 0.15) is 37.7 Å². The van der Waals surface area contributed by atoms with Crippen LogP contribution in [-0.2, 0) is 9.59 Å². The van der Waals surface area contributed by atoms with Crippen LogP contribution in [0.3, 0.4) is 0 Å². The number of piperidine rings is 2. The van der Waals surface area contributed by atoms with Gasteiger partial charge in [-0.05, 0) is 57.7 Å². The lowest BCUT2D eigenvalue weighted by atomic mass is 9.94. The molecule has 2 aliphatic heterocycles. The van der Waals surface area contributed by atoms with Crippen molar-refractivity contribution in [2.45, 2.75) is 39.0 Å². The van der Waals surface area contributed by atoms with Crippen LogP contribution in [0.15, 0.2) is 18.2 Å². The number of carbonyl (C=O) groups is 2. The molecule has 0 aromatic heterocycles. The van der Waals surface area contributed by atoms with E-state index in [1.807, 2.05) is 9.80 Å². The molecule has 0 spiro atoms. The van der Waals surface area contributed by atoms with Crippen LogP contribution in [0, 0.1) is 23.0 Å². The summed E-state index contributed by atoms with van der Waals surface area (Å²) in [5, 5.41) is 13.7. The van der Waals surface area contributed by atoms with Crippen LogP contribution in [0.25, 0.3) is 0 Å². The Labute approximate surface area is 165 Å². The molecule has 2 heterocycles. The summed E-state index contributed by atoms with van der Waals surface area (Å²) >= 11 is 0. The van der Waals surface area contributed by atoms with Crippen LogP contribution in [-0.4, -0.2) is 59.3 Å². The number of rotatable bonds is 5. The van der Waals surface area contributed by atoms with Gasteiger partial charge in [0.1, 0.15) is 0 Å². The zero-order valence-corrected chi connectivity index (χ0v) is 16.4. The van der Waals surface area contributed by atoms with Gasteiger partial charge in [0.2, 0.25) is 11.8 Å². The Balaban J connectivity index is 1.48. The van der Waals surface area contributed by atoms with Gasteiger partial charge in [-0.15, -0.1) is 0 Å². The SMILES string of the molecule is Cc1ccc([N+](=O)[O-])cc1NC(=O)CN1CCC(C(=O)N2CCCCC2)CC1. The van der Waals surface area contributed by atoms with E-state index in [0.717, 1.165) is 44.3 Å². The van der Waals surface area contributed by atoms with Crippen molar-refractivity contribution in [3.63, 3.8) is 0 Å². The van der Waals surface area contributed by atoms with Gasteiger partial charge in [0.15, 0.2) is 0 Å². The number of carbonyl (C=O) groups excluding carboxylic acids is 2.